The molecular formula is C22H19F4N5O2. The fraction of sp³-hybridized carbons (Fsp3) is 0.273. The number of guanidine groups is 1. The molecule has 1 amide bonds. The molecule has 4 rings (SSSR count). The molecule has 11 heteroatoms. The molecule has 0 aliphatic carbocycles. The van der Waals surface area contributed by atoms with Gasteiger partial charge in [0.15, 0.2) is 5.58 Å². The maximum atomic E-state index is 13.6. The lowest BCUT2D eigenvalue weighted by Crippen LogP contribution is -2.27. The van der Waals surface area contributed by atoms with Crippen molar-refractivity contribution >= 4 is 34.4 Å². The van der Waals surface area contributed by atoms with E-state index in [4.69, 9.17) is 4.42 Å². The molecule has 2 aromatic heterocycles. The van der Waals surface area contributed by atoms with Crippen molar-refractivity contribution in [3.63, 3.8) is 0 Å². The van der Waals surface area contributed by atoms with Gasteiger partial charge in [0, 0.05) is 49.4 Å². The number of hydrogen-bond donors (Lipinski definition) is 2. The topological polar surface area (TPSA) is 91.9 Å². The number of amides is 1. The molecule has 1 aliphatic heterocycles. The second kappa shape index (κ2) is 9.00. The maximum absolute atomic E-state index is 13.6. The molecule has 3 aromatic rings. The van der Waals surface area contributed by atoms with Crippen molar-refractivity contribution in [2.45, 2.75) is 19.0 Å². The highest BCUT2D eigenvalue weighted by Crippen LogP contribution is 2.33. The zero-order valence-corrected chi connectivity index (χ0v) is 17.4. The minimum absolute atomic E-state index is 0.0186. The summed E-state index contributed by atoms with van der Waals surface area (Å²) in [6, 6.07) is 6.01. The van der Waals surface area contributed by atoms with Crippen LogP contribution in [0.15, 0.2) is 57.2 Å². The first-order valence-corrected chi connectivity index (χ1v) is 10.1. The lowest BCUT2D eigenvalue weighted by Gasteiger charge is -2.17. The van der Waals surface area contributed by atoms with E-state index in [1.54, 1.807) is 18.3 Å². The summed E-state index contributed by atoms with van der Waals surface area (Å²) in [6.45, 7) is 0.279. The average Bonchev–Trinajstić information content (AvgIpc) is 3.16. The number of fused-ring (bicyclic) bond motifs is 1. The highest BCUT2D eigenvalue weighted by atomic mass is 19.4. The van der Waals surface area contributed by atoms with Gasteiger partial charge in [-0.25, -0.2) is 9.38 Å². The number of aromatic nitrogens is 1. The van der Waals surface area contributed by atoms with E-state index >= 15 is 0 Å². The number of carbonyl (C=O) groups is 1. The van der Waals surface area contributed by atoms with E-state index in [1.807, 2.05) is 0 Å². The van der Waals surface area contributed by atoms with Crippen molar-refractivity contribution < 1.29 is 26.8 Å². The molecule has 3 heterocycles. The van der Waals surface area contributed by atoms with Crippen molar-refractivity contribution in [3.8, 4) is 0 Å². The van der Waals surface area contributed by atoms with Crippen LogP contribution in [-0.2, 0) is 11.0 Å². The summed E-state index contributed by atoms with van der Waals surface area (Å²) in [5.74, 6) is -1.84. The van der Waals surface area contributed by atoms with Crippen molar-refractivity contribution in [2.75, 3.05) is 18.9 Å². The molecule has 1 aliphatic rings. The Morgan fingerprint density at radius 2 is 2.06 bits per heavy atom. The molecule has 0 fully saturated rings. The van der Waals surface area contributed by atoms with Gasteiger partial charge in [0.05, 0.1) is 17.5 Å². The van der Waals surface area contributed by atoms with Crippen molar-refractivity contribution in [3.05, 3.63) is 59.7 Å². The molecular weight excluding hydrogens is 442 g/mol. The number of furan rings is 1. The predicted molar refractivity (Wildman–Crippen MR) is 115 cm³/mol. The van der Waals surface area contributed by atoms with Gasteiger partial charge in [0.2, 0.25) is 11.9 Å². The number of carbonyl (C=O) groups excluding carboxylic acids is 1. The zero-order chi connectivity index (χ0) is 23.6. The quantitative estimate of drug-likeness (QED) is 0.564. The number of hydrogen-bond acceptors (Lipinski definition) is 6. The number of pyridine rings is 1. The Morgan fingerprint density at radius 1 is 1.24 bits per heavy atom. The summed E-state index contributed by atoms with van der Waals surface area (Å²) in [7, 11) is 1.53. The number of alkyl halides is 3. The van der Waals surface area contributed by atoms with Gasteiger partial charge in [-0.15, -0.1) is 0 Å². The molecule has 1 unspecified atom stereocenters. The number of aliphatic imine (C=N–C) groups is 2. The average molecular weight is 461 g/mol. The first-order valence-electron chi connectivity index (χ1n) is 10.1. The van der Waals surface area contributed by atoms with E-state index in [2.05, 4.69) is 25.6 Å². The molecule has 172 valence electrons. The number of anilines is 1. The fourth-order valence-corrected chi connectivity index (χ4v) is 3.53. The van der Waals surface area contributed by atoms with E-state index in [0.29, 0.717) is 34.9 Å². The van der Waals surface area contributed by atoms with Gasteiger partial charge in [-0.1, -0.05) is 0 Å². The number of nitrogens with one attached hydrogen (secondary N) is 2. The molecule has 1 atom stereocenters. The number of rotatable bonds is 4. The maximum Gasteiger partial charge on any atom is 0.419 e. The third-order valence-corrected chi connectivity index (χ3v) is 5.19. The minimum Gasteiger partial charge on any atom is -0.463 e. The van der Waals surface area contributed by atoms with Crippen LogP contribution in [-0.4, -0.2) is 36.2 Å². The Morgan fingerprint density at radius 3 is 2.82 bits per heavy atom. The first-order chi connectivity index (χ1) is 15.7. The van der Waals surface area contributed by atoms with Gasteiger partial charge in [-0.2, -0.15) is 13.2 Å². The standard InChI is InChI=1S/C22H19F4N5O2/c1-27-19(32)9-12-4-6-28-21(30-14-2-3-16(23)15(10-14)22(24,25)26)31-20(12)13-8-18-17(29-11-13)5-7-33-18/h2-3,5,7-8,10-12H,4,6,9H2,1H3,(H,27,32)(H,28,30). The molecule has 0 saturated carbocycles. The normalized spacial score (nSPS) is 16.7. The third-order valence-electron chi connectivity index (χ3n) is 5.19. The summed E-state index contributed by atoms with van der Waals surface area (Å²) < 4.78 is 58.3. The van der Waals surface area contributed by atoms with Crippen molar-refractivity contribution in [1.82, 2.24) is 10.3 Å². The summed E-state index contributed by atoms with van der Waals surface area (Å²) in [5, 5.41) is 5.32. The smallest absolute Gasteiger partial charge is 0.419 e. The minimum atomic E-state index is -4.84. The van der Waals surface area contributed by atoms with E-state index < -0.39 is 17.6 Å². The van der Waals surface area contributed by atoms with Crippen molar-refractivity contribution in [2.24, 2.45) is 15.9 Å². The van der Waals surface area contributed by atoms with Gasteiger partial charge >= 0.3 is 6.18 Å². The first kappa shape index (κ1) is 22.4. The monoisotopic (exact) mass is 461 g/mol. The Hall–Kier alpha value is -3.76. The fourth-order valence-electron chi connectivity index (χ4n) is 3.53. The summed E-state index contributed by atoms with van der Waals surface area (Å²) in [5.41, 5.74) is 0.849. The number of benzene rings is 1. The van der Waals surface area contributed by atoms with Crippen LogP contribution in [0.25, 0.3) is 11.1 Å². The highest BCUT2D eigenvalue weighted by molar-refractivity contribution is 6.13. The Labute approximate surface area is 185 Å². The van der Waals surface area contributed by atoms with Crippen LogP contribution >= 0.6 is 0 Å². The Bertz CT molecular complexity index is 1250. The van der Waals surface area contributed by atoms with Gasteiger partial charge in [0.1, 0.15) is 11.3 Å². The molecule has 0 saturated heterocycles. The Kier molecular flexibility index (Phi) is 6.12. The van der Waals surface area contributed by atoms with E-state index in [-0.39, 0.29) is 36.4 Å². The highest BCUT2D eigenvalue weighted by Gasteiger charge is 2.34. The summed E-state index contributed by atoms with van der Waals surface area (Å²) in [6.07, 6.45) is -1.13. The van der Waals surface area contributed by atoms with Crippen LogP contribution in [0.1, 0.15) is 24.0 Å². The van der Waals surface area contributed by atoms with E-state index in [9.17, 15) is 22.4 Å². The van der Waals surface area contributed by atoms with Gasteiger partial charge in [-0.3, -0.25) is 14.8 Å². The van der Waals surface area contributed by atoms with Crippen LogP contribution in [0, 0.1) is 11.7 Å². The summed E-state index contributed by atoms with van der Waals surface area (Å²) >= 11 is 0. The lowest BCUT2D eigenvalue weighted by atomic mass is 9.91. The lowest BCUT2D eigenvalue weighted by molar-refractivity contribution is -0.140. The molecule has 33 heavy (non-hydrogen) atoms. The largest absolute Gasteiger partial charge is 0.463 e. The second-order valence-electron chi connectivity index (χ2n) is 7.41. The van der Waals surface area contributed by atoms with Gasteiger partial charge < -0.3 is 15.1 Å². The van der Waals surface area contributed by atoms with Crippen LogP contribution in [0.5, 0.6) is 0 Å². The molecule has 0 radical (unpaired) electrons. The molecule has 0 spiro atoms. The molecule has 1 aromatic carbocycles. The van der Waals surface area contributed by atoms with Crippen LogP contribution in [0.4, 0.5) is 23.2 Å². The third kappa shape index (κ3) is 5.02. The Balaban J connectivity index is 1.71. The SMILES string of the molecule is CNC(=O)CC1CCN=C(Nc2ccc(F)c(C(F)(F)F)c2)N=C1c1cnc2ccoc2c1. The number of halogens is 4. The summed E-state index contributed by atoms with van der Waals surface area (Å²) in [4.78, 5) is 25.3. The van der Waals surface area contributed by atoms with Crippen molar-refractivity contribution in [1.29, 1.82) is 0 Å². The van der Waals surface area contributed by atoms with Crippen LogP contribution in [0.2, 0.25) is 0 Å². The second-order valence-corrected chi connectivity index (χ2v) is 7.41. The van der Waals surface area contributed by atoms with Crippen LogP contribution in [0.3, 0.4) is 0 Å². The molecule has 7 nitrogen and oxygen atoms in total. The van der Waals surface area contributed by atoms with E-state index in [1.165, 1.54) is 19.4 Å². The molecule has 0 bridgehead atoms. The van der Waals surface area contributed by atoms with Gasteiger partial charge in [-0.05, 0) is 30.7 Å². The predicted octanol–water partition coefficient (Wildman–Crippen LogP) is 4.40. The molecule has 2 N–H and O–H groups in total. The van der Waals surface area contributed by atoms with Crippen LogP contribution < -0.4 is 10.6 Å². The number of nitrogens with zero attached hydrogens (tertiary/aromatic N) is 3. The zero-order valence-electron chi connectivity index (χ0n) is 17.4. The van der Waals surface area contributed by atoms with E-state index in [0.717, 1.165) is 6.07 Å². The van der Waals surface area contributed by atoms with Gasteiger partial charge in [0.25, 0.3) is 0 Å².